The van der Waals surface area contributed by atoms with E-state index in [1.165, 1.54) is 12.8 Å². The van der Waals surface area contributed by atoms with Gasteiger partial charge < -0.3 is 5.73 Å². The molecule has 1 atom stereocenters. The van der Waals surface area contributed by atoms with Crippen LogP contribution in [0.2, 0.25) is 0 Å². The van der Waals surface area contributed by atoms with Crippen LogP contribution in [-0.4, -0.2) is 17.2 Å². The SMILES string of the molecule is CC(CC1CC1)N=C(N)NO. The van der Waals surface area contributed by atoms with Crippen molar-refractivity contribution in [2.24, 2.45) is 16.6 Å². The molecule has 11 heavy (non-hydrogen) atoms. The number of rotatable bonds is 3. The molecular weight excluding hydrogens is 142 g/mol. The van der Waals surface area contributed by atoms with Crippen LogP contribution in [0, 0.1) is 5.92 Å². The normalized spacial score (nSPS) is 21.5. The lowest BCUT2D eigenvalue weighted by molar-refractivity contribution is 0.232. The summed E-state index contributed by atoms with van der Waals surface area (Å²) in [7, 11) is 0. The molecule has 0 saturated heterocycles. The van der Waals surface area contributed by atoms with Crippen molar-refractivity contribution in [3.05, 3.63) is 0 Å². The highest BCUT2D eigenvalue weighted by atomic mass is 16.5. The fourth-order valence-corrected chi connectivity index (χ4v) is 1.15. The number of nitrogens with one attached hydrogen (secondary N) is 1. The molecule has 0 bridgehead atoms. The summed E-state index contributed by atoms with van der Waals surface area (Å²) in [5.41, 5.74) is 7.08. The maximum absolute atomic E-state index is 8.33. The summed E-state index contributed by atoms with van der Waals surface area (Å²) in [4.78, 5) is 4.01. The number of aliphatic imine (C=N–C) groups is 1. The van der Waals surface area contributed by atoms with Crippen molar-refractivity contribution < 1.29 is 5.21 Å². The van der Waals surface area contributed by atoms with E-state index in [0.29, 0.717) is 0 Å². The van der Waals surface area contributed by atoms with Gasteiger partial charge in [-0.25, -0.2) is 10.5 Å². The van der Waals surface area contributed by atoms with Crippen molar-refractivity contribution in [3.8, 4) is 0 Å². The molecule has 1 fully saturated rings. The topological polar surface area (TPSA) is 70.6 Å². The molecule has 1 saturated carbocycles. The largest absolute Gasteiger partial charge is 0.368 e. The van der Waals surface area contributed by atoms with Crippen LogP contribution in [0.3, 0.4) is 0 Å². The molecule has 4 heteroatoms. The summed E-state index contributed by atoms with van der Waals surface area (Å²) in [6.07, 6.45) is 3.74. The molecule has 0 heterocycles. The van der Waals surface area contributed by atoms with Gasteiger partial charge in [0, 0.05) is 0 Å². The van der Waals surface area contributed by atoms with Crippen LogP contribution in [0.5, 0.6) is 0 Å². The first-order valence-electron chi connectivity index (χ1n) is 3.95. The second-order valence-corrected chi connectivity index (χ2v) is 3.15. The van der Waals surface area contributed by atoms with E-state index in [1.807, 2.05) is 12.4 Å². The molecule has 0 radical (unpaired) electrons. The first kappa shape index (κ1) is 8.33. The van der Waals surface area contributed by atoms with Gasteiger partial charge >= 0.3 is 0 Å². The minimum absolute atomic E-state index is 0.109. The molecular formula is C7H15N3O. The van der Waals surface area contributed by atoms with E-state index in [2.05, 4.69) is 4.99 Å². The lowest BCUT2D eigenvalue weighted by Crippen LogP contribution is -2.29. The molecule has 0 amide bonds. The molecule has 64 valence electrons. The average Bonchev–Trinajstić information content (AvgIpc) is 2.71. The molecule has 0 spiro atoms. The molecule has 0 aromatic rings. The van der Waals surface area contributed by atoms with Crippen LogP contribution in [0.15, 0.2) is 4.99 Å². The highest BCUT2D eigenvalue weighted by Gasteiger charge is 2.23. The van der Waals surface area contributed by atoms with Gasteiger partial charge in [-0.15, -0.1) is 0 Å². The van der Waals surface area contributed by atoms with Gasteiger partial charge in [-0.1, -0.05) is 12.8 Å². The first-order valence-corrected chi connectivity index (χ1v) is 3.95. The van der Waals surface area contributed by atoms with Crippen LogP contribution in [-0.2, 0) is 0 Å². The molecule has 4 nitrogen and oxygen atoms in total. The van der Waals surface area contributed by atoms with Gasteiger partial charge in [-0.05, 0) is 19.3 Å². The van der Waals surface area contributed by atoms with E-state index in [9.17, 15) is 0 Å². The maximum Gasteiger partial charge on any atom is 0.213 e. The summed E-state index contributed by atoms with van der Waals surface area (Å²) in [5, 5.41) is 8.33. The van der Waals surface area contributed by atoms with Gasteiger partial charge in [0.05, 0.1) is 6.04 Å². The number of hydrogen-bond donors (Lipinski definition) is 3. The van der Waals surface area contributed by atoms with Crippen molar-refractivity contribution in [1.82, 2.24) is 5.48 Å². The molecule has 0 aromatic carbocycles. The second-order valence-electron chi connectivity index (χ2n) is 3.15. The second kappa shape index (κ2) is 3.57. The Bertz CT molecular complexity index is 154. The minimum Gasteiger partial charge on any atom is -0.368 e. The predicted octanol–water partition coefficient (Wildman–Crippen LogP) is 0.469. The maximum atomic E-state index is 8.33. The zero-order valence-corrected chi connectivity index (χ0v) is 6.75. The lowest BCUT2D eigenvalue weighted by Gasteiger charge is -2.05. The van der Waals surface area contributed by atoms with Crippen LogP contribution in [0.4, 0.5) is 0 Å². The molecule has 0 aromatic heterocycles. The van der Waals surface area contributed by atoms with Gasteiger partial charge in [-0.2, -0.15) is 0 Å². The van der Waals surface area contributed by atoms with Crippen molar-refractivity contribution in [2.45, 2.75) is 32.2 Å². The number of nitrogens with two attached hydrogens (primary N) is 1. The number of hydrogen-bond acceptors (Lipinski definition) is 2. The van der Waals surface area contributed by atoms with Crippen molar-refractivity contribution in [2.75, 3.05) is 0 Å². The Morgan fingerprint density at radius 1 is 1.82 bits per heavy atom. The van der Waals surface area contributed by atoms with Crippen LogP contribution in [0.1, 0.15) is 26.2 Å². The Hall–Kier alpha value is -0.770. The standard InChI is InChI=1S/C7H15N3O/c1-5(4-6-2-3-6)9-7(8)10-11/h5-6,11H,2-4H2,1H3,(H3,8,9,10). The Balaban J connectivity index is 2.22. The van der Waals surface area contributed by atoms with Gasteiger partial charge in [0.25, 0.3) is 0 Å². The van der Waals surface area contributed by atoms with Crippen molar-refractivity contribution in [3.63, 3.8) is 0 Å². The third-order valence-electron chi connectivity index (χ3n) is 1.85. The monoisotopic (exact) mass is 157 g/mol. The molecule has 1 aliphatic rings. The highest BCUT2D eigenvalue weighted by Crippen LogP contribution is 2.33. The summed E-state index contributed by atoms with van der Waals surface area (Å²) in [6, 6.07) is 0.224. The van der Waals surface area contributed by atoms with E-state index in [4.69, 9.17) is 10.9 Å². The Morgan fingerprint density at radius 2 is 2.45 bits per heavy atom. The van der Waals surface area contributed by atoms with Crippen LogP contribution >= 0.6 is 0 Å². The molecule has 0 aliphatic heterocycles. The quantitative estimate of drug-likeness (QED) is 0.317. The van der Waals surface area contributed by atoms with Crippen LogP contribution in [0.25, 0.3) is 0 Å². The molecule has 1 unspecified atom stereocenters. The van der Waals surface area contributed by atoms with E-state index >= 15 is 0 Å². The fraction of sp³-hybridized carbons (Fsp3) is 0.857. The van der Waals surface area contributed by atoms with Crippen LogP contribution < -0.4 is 11.2 Å². The fourth-order valence-electron chi connectivity index (χ4n) is 1.15. The van der Waals surface area contributed by atoms with Gasteiger partial charge in [0.1, 0.15) is 0 Å². The Labute approximate surface area is 66.5 Å². The number of nitrogens with zero attached hydrogens (tertiary/aromatic N) is 1. The van der Waals surface area contributed by atoms with Gasteiger partial charge in [0.2, 0.25) is 5.96 Å². The first-order chi connectivity index (χ1) is 5.22. The third kappa shape index (κ3) is 3.23. The average molecular weight is 157 g/mol. The summed E-state index contributed by atoms with van der Waals surface area (Å²) in [5.74, 6) is 0.957. The van der Waals surface area contributed by atoms with E-state index < -0.39 is 0 Å². The van der Waals surface area contributed by atoms with Crippen molar-refractivity contribution >= 4 is 5.96 Å². The lowest BCUT2D eigenvalue weighted by atomic mass is 10.2. The molecule has 1 rings (SSSR count). The molecule has 4 N–H and O–H groups in total. The summed E-state index contributed by atoms with van der Waals surface area (Å²) < 4.78 is 0. The van der Waals surface area contributed by atoms with Crippen molar-refractivity contribution in [1.29, 1.82) is 0 Å². The smallest absolute Gasteiger partial charge is 0.213 e. The number of guanidine groups is 1. The van der Waals surface area contributed by atoms with Gasteiger partial charge in [-0.3, -0.25) is 5.21 Å². The summed E-state index contributed by atoms with van der Waals surface area (Å²) in [6.45, 7) is 2.00. The minimum atomic E-state index is 0.109. The van der Waals surface area contributed by atoms with E-state index in [0.717, 1.165) is 12.3 Å². The zero-order chi connectivity index (χ0) is 8.27. The Kier molecular flexibility index (Phi) is 2.70. The third-order valence-corrected chi connectivity index (χ3v) is 1.85. The molecule has 1 aliphatic carbocycles. The van der Waals surface area contributed by atoms with Gasteiger partial charge in [0.15, 0.2) is 0 Å². The summed E-state index contributed by atoms with van der Waals surface area (Å²) >= 11 is 0. The number of hydroxylamine groups is 1. The van der Waals surface area contributed by atoms with E-state index in [-0.39, 0.29) is 12.0 Å². The zero-order valence-electron chi connectivity index (χ0n) is 6.75. The van der Waals surface area contributed by atoms with E-state index in [1.54, 1.807) is 0 Å². The Morgan fingerprint density at radius 3 is 2.91 bits per heavy atom. The highest BCUT2D eigenvalue weighted by molar-refractivity contribution is 5.76. The predicted molar refractivity (Wildman–Crippen MR) is 43.3 cm³/mol.